The van der Waals surface area contributed by atoms with Gasteiger partial charge in [0.1, 0.15) is 16.1 Å². The summed E-state index contributed by atoms with van der Waals surface area (Å²) in [6.45, 7) is 0. The van der Waals surface area contributed by atoms with Gasteiger partial charge in [0.15, 0.2) is 11.5 Å². The number of phenolic OH excluding ortho intramolecular Hbond substituents is 1. The number of thioether (sulfide) groups is 1. The van der Waals surface area contributed by atoms with Crippen LogP contribution in [-0.2, 0) is 4.79 Å². The van der Waals surface area contributed by atoms with Crippen LogP contribution in [0.3, 0.4) is 0 Å². The van der Waals surface area contributed by atoms with E-state index in [0.717, 1.165) is 27.2 Å². The van der Waals surface area contributed by atoms with Crippen LogP contribution in [0.1, 0.15) is 10.9 Å². The molecule has 1 fully saturated rings. The minimum Gasteiger partial charge on any atom is -0.504 e. The summed E-state index contributed by atoms with van der Waals surface area (Å²) in [4.78, 5) is 18.9. The molecule has 140 valence electrons. The van der Waals surface area contributed by atoms with E-state index in [2.05, 4.69) is 15.2 Å². The fraction of sp³-hybridized carbons (Fsp3) is 0.158. The van der Waals surface area contributed by atoms with E-state index >= 15 is 0 Å². The summed E-state index contributed by atoms with van der Waals surface area (Å²) in [7, 11) is 1.50. The number of aromatic nitrogens is 3. The molecule has 0 spiro atoms. The highest BCUT2D eigenvalue weighted by atomic mass is 32.2. The molecule has 0 aliphatic carbocycles. The molecule has 3 aliphatic rings. The maximum Gasteiger partial charge on any atom is 0.240 e. The Morgan fingerprint density at radius 1 is 1.21 bits per heavy atom. The Morgan fingerprint density at radius 3 is 2.93 bits per heavy atom. The number of phenols is 1. The number of hydrogen-bond donors (Lipinski definition) is 1. The summed E-state index contributed by atoms with van der Waals surface area (Å²) in [6, 6.07) is 12.9. The molecule has 3 aliphatic heterocycles. The zero-order valence-electron chi connectivity index (χ0n) is 14.7. The SMILES string of the molecule is COc1cc(C2SCC(=O)N2c2nnc3c4ccccc4nc-3s2)ccc1O. The number of nitrogens with zero attached hydrogens (tertiary/aromatic N) is 4. The maximum absolute atomic E-state index is 12.6. The first-order chi connectivity index (χ1) is 13.7. The molecule has 28 heavy (non-hydrogen) atoms. The van der Waals surface area contributed by atoms with E-state index in [9.17, 15) is 9.90 Å². The molecule has 7 nitrogen and oxygen atoms in total. The van der Waals surface area contributed by atoms with Crippen LogP contribution in [0.25, 0.3) is 21.6 Å². The van der Waals surface area contributed by atoms with Crippen molar-refractivity contribution < 1.29 is 14.6 Å². The molecule has 1 unspecified atom stereocenters. The van der Waals surface area contributed by atoms with Crippen LogP contribution < -0.4 is 9.64 Å². The second kappa shape index (κ2) is 6.61. The van der Waals surface area contributed by atoms with Gasteiger partial charge in [-0.3, -0.25) is 9.69 Å². The molecule has 0 radical (unpaired) electrons. The highest BCUT2D eigenvalue weighted by Crippen LogP contribution is 2.45. The van der Waals surface area contributed by atoms with Crippen molar-refractivity contribution in [3.05, 3.63) is 48.0 Å². The van der Waals surface area contributed by atoms with Crippen molar-refractivity contribution in [1.82, 2.24) is 15.2 Å². The number of amides is 1. The van der Waals surface area contributed by atoms with E-state index in [0.29, 0.717) is 16.6 Å². The number of hydrogen-bond acceptors (Lipinski definition) is 8. The first-order valence-electron chi connectivity index (χ1n) is 8.48. The van der Waals surface area contributed by atoms with Gasteiger partial charge in [-0.2, -0.15) is 0 Å². The van der Waals surface area contributed by atoms with Gasteiger partial charge >= 0.3 is 0 Å². The zero-order valence-corrected chi connectivity index (χ0v) is 16.3. The molecule has 0 aromatic heterocycles. The monoisotopic (exact) mass is 410 g/mol. The summed E-state index contributed by atoms with van der Waals surface area (Å²) >= 11 is 2.85. The number of para-hydroxylation sites is 1. The molecule has 0 bridgehead atoms. The van der Waals surface area contributed by atoms with Crippen molar-refractivity contribution in [2.24, 2.45) is 0 Å². The number of methoxy groups -OCH3 is 1. The van der Waals surface area contributed by atoms with E-state index in [1.165, 1.54) is 30.2 Å². The molecule has 1 amide bonds. The van der Waals surface area contributed by atoms with Crippen molar-refractivity contribution in [1.29, 1.82) is 0 Å². The van der Waals surface area contributed by atoms with Gasteiger partial charge in [-0.1, -0.05) is 35.6 Å². The molecule has 9 heteroatoms. The highest BCUT2D eigenvalue weighted by molar-refractivity contribution is 8.00. The lowest BCUT2D eigenvalue weighted by Gasteiger charge is -2.22. The molecule has 5 rings (SSSR count). The van der Waals surface area contributed by atoms with Crippen molar-refractivity contribution in [2.45, 2.75) is 5.37 Å². The van der Waals surface area contributed by atoms with Crippen LogP contribution in [0.2, 0.25) is 0 Å². The van der Waals surface area contributed by atoms with E-state index in [-0.39, 0.29) is 17.0 Å². The van der Waals surface area contributed by atoms with Gasteiger partial charge in [0, 0.05) is 5.39 Å². The molecule has 1 atom stereocenters. The Balaban J connectivity index is 1.59. The van der Waals surface area contributed by atoms with Crippen LogP contribution in [0.15, 0.2) is 42.5 Å². The normalized spacial score (nSPS) is 17.0. The number of anilines is 1. The van der Waals surface area contributed by atoms with Crippen LogP contribution in [0.4, 0.5) is 5.13 Å². The fourth-order valence-corrected chi connectivity index (χ4v) is 5.40. The molecular formula is C19H14N4O3S2. The average Bonchev–Trinajstić information content (AvgIpc) is 3.28. The summed E-state index contributed by atoms with van der Waals surface area (Å²) in [5.41, 5.74) is 2.45. The standard InChI is InChI=1S/C19H14N4O3S2/c1-26-14-8-10(6-7-13(14)24)18-23(15(25)9-27-18)19-22-21-16-11-4-2-3-5-12(11)20-17(16)28-19/h2-8,18,24H,9H2,1H3. The van der Waals surface area contributed by atoms with Gasteiger partial charge in [-0.25, -0.2) is 4.98 Å². The number of fused-ring (bicyclic) bond motifs is 3. The summed E-state index contributed by atoms with van der Waals surface area (Å²) in [5, 5.41) is 20.5. The Kier molecular flexibility index (Phi) is 4.06. The lowest BCUT2D eigenvalue weighted by molar-refractivity contribution is -0.115. The highest BCUT2D eigenvalue weighted by Gasteiger charge is 2.37. The Hall–Kier alpha value is -2.91. The Labute approximate surface area is 168 Å². The smallest absolute Gasteiger partial charge is 0.240 e. The minimum absolute atomic E-state index is 0.0388. The quantitative estimate of drug-likeness (QED) is 0.551. The first-order valence-corrected chi connectivity index (χ1v) is 10.3. The van der Waals surface area contributed by atoms with Gasteiger partial charge in [0.05, 0.1) is 18.4 Å². The van der Waals surface area contributed by atoms with E-state index < -0.39 is 0 Å². The van der Waals surface area contributed by atoms with Gasteiger partial charge < -0.3 is 9.84 Å². The maximum atomic E-state index is 12.6. The second-order valence-corrected chi connectivity index (χ2v) is 8.25. The van der Waals surface area contributed by atoms with Crippen LogP contribution >= 0.6 is 23.1 Å². The third kappa shape index (κ3) is 2.66. The molecule has 1 saturated heterocycles. The molecule has 1 N–H and O–H groups in total. The second-order valence-electron chi connectivity index (χ2n) is 6.23. The van der Waals surface area contributed by atoms with E-state index in [1.54, 1.807) is 23.1 Å². The average molecular weight is 410 g/mol. The van der Waals surface area contributed by atoms with Crippen molar-refractivity contribution in [3.63, 3.8) is 0 Å². The predicted octanol–water partition coefficient (Wildman–Crippen LogP) is 3.68. The summed E-state index contributed by atoms with van der Waals surface area (Å²) in [5.74, 6) is 0.731. The van der Waals surface area contributed by atoms with Gasteiger partial charge in [0.25, 0.3) is 0 Å². The third-order valence-corrected chi connectivity index (χ3v) is 6.72. The number of ether oxygens (including phenoxy) is 1. The summed E-state index contributed by atoms with van der Waals surface area (Å²) < 4.78 is 5.21. The van der Waals surface area contributed by atoms with Crippen LogP contribution in [0.5, 0.6) is 11.5 Å². The molecular weight excluding hydrogens is 396 g/mol. The number of rotatable bonds is 3. The van der Waals surface area contributed by atoms with Crippen LogP contribution in [-0.4, -0.2) is 39.1 Å². The topological polar surface area (TPSA) is 88.4 Å². The minimum atomic E-state index is -0.269. The van der Waals surface area contributed by atoms with Crippen molar-refractivity contribution in [3.8, 4) is 22.2 Å². The zero-order chi connectivity index (χ0) is 19.3. The van der Waals surface area contributed by atoms with Gasteiger partial charge in [-0.15, -0.1) is 22.0 Å². The van der Waals surface area contributed by atoms with Gasteiger partial charge in [0.2, 0.25) is 11.0 Å². The molecule has 0 saturated carbocycles. The predicted molar refractivity (Wildman–Crippen MR) is 109 cm³/mol. The van der Waals surface area contributed by atoms with E-state index in [1.807, 2.05) is 24.3 Å². The number of carbonyl (C=O) groups excluding carboxylic acids is 1. The molecule has 3 heterocycles. The fourth-order valence-electron chi connectivity index (χ4n) is 3.24. The van der Waals surface area contributed by atoms with Gasteiger partial charge in [-0.05, 0) is 23.8 Å². The third-order valence-electron chi connectivity index (χ3n) is 4.57. The molecule has 2 aromatic carbocycles. The van der Waals surface area contributed by atoms with E-state index in [4.69, 9.17) is 4.74 Å². The molecule has 2 aromatic rings. The largest absolute Gasteiger partial charge is 0.504 e. The van der Waals surface area contributed by atoms with Crippen molar-refractivity contribution >= 4 is 45.0 Å². The first kappa shape index (κ1) is 17.2. The number of benzene rings is 2. The number of carbonyl (C=O) groups is 1. The Morgan fingerprint density at radius 2 is 2.07 bits per heavy atom. The summed E-state index contributed by atoms with van der Waals surface area (Å²) in [6.07, 6.45) is 0. The van der Waals surface area contributed by atoms with Crippen molar-refractivity contribution in [2.75, 3.05) is 17.8 Å². The van der Waals surface area contributed by atoms with Crippen LogP contribution in [0, 0.1) is 0 Å². The Bertz CT molecular complexity index is 1180. The number of aromatic hydroxyl groups is 1. The lowest BCUT2D eigenvalue weighted by Crippen LogP contribution is -2.28. The lowest BCUT2D eigenvalue weighted by atomic mass is 10.2.